The number of rotatable bonds is 8. The minimum absolute atomic E-state index is 0.346. The normalized spacial score (nSPS) is 21.4. The van der Waals surface area contributed by atoms with E-state index in [-0.39, 0.29) is 0 Å². The molecule has 0 bridgehead atoms. The summed E-state index contributed by atoms with van der Waals surface area (Å²) >= 11 is 0. The van der Waals surface area contributed by atoms with E-state index in [9.17, 15) is 0 Å². The Balaban J connectivity index is 2.17. The zero-order valence-corrected chi connectivity index (χ0v) is 10.0. The van der Waals surface area contributed by atoms with Gasteiger partial charge < -0.3 is 10.4 Å². The van der Waals surface area contributed by atoms with Crippen molar-refractivity contribution in [1.82, 2.24) is 10.2 Å². The number of hydrogen-bond acceptors (Lipinski definition) is 3. The SMILES string of the molecule is CCCN(CCCCCO)C1CCNC1. The van der Waals surface area contributed by atoms with Crippen LogP contribution in [-0.2, 0) is 0 Å². The van der Waals surface area contributed by atoms with Gasteiger partial charge in [-0.1, -0.05) is 6.92 Å². The lowest BCUT2D eigenvalue weighted by atomic mass is 10.1. The Kier molecular flexibility index (Phi) is 6.98. The van der Waals surface area contributed by atoms with Crippen LogP contribution in [0.4, 0.5) is 0 Å². The average Bonchev–Trinajstić information content (AvgIpc) is 2.76. The Bertz CT molecular complexity index is 147. The van der Waals surface area contributed by atoms with E-state index >= 15 is 0 Å². The van der Waals surface area contributed by atoms with Gasteiger partial charge in [0, 0.05) is 19.2 Å². The Morgan fingerprint density at radius 3 is 2.73 bits per heavy atom. The summed E-state index contributed by atoms with van der Waals surface area (Å²) in [5.41, 5.74) is 0. The molecule has 0 amide bonds. The number of aliphatic hydroxyl groups excluding tert-OH is 1. The zero-order chi connectivity index (χ0) is 10.9. The second-order valence-corrected chi connectivity index (χ2v) is 4.47. The molecule has 1 aliphatic heterocycles. The molecular weight excluding hydrogens is 188 g/mol. The maximum Gasteiger partial charge on any atom is 0.0431 e. The molecule has 1 saturated heterocycles. The molecule has 1 heterocycles. The molecular formula is C12H26N2O. The van der Waals surface area contributed by atoms with Crippen molar-refractivity contribution in [2.75, 3.05) is 32.8 Å². The zero-order valence-electron chi connectivity index (χ0n) is 10.0. The summed E-state index contributed by atoms with van der Waals surface area (Å²) in [5, 5.41) is 12.2. The minimum atomic E-state index is 0.346. The molecule has 0 aromatic rings. The number of unbranched alkanes of at least 4 members (excludes halogenated alkanes) is 2. The van der Waals surface area contributed by atoms with Crippen LogP contribution in [0.5, 0.6) is 0 Å². The second kappa shape index (κ2) is 8.08. The summed E-state index contributed by atoms with van der Waals surface area (Å²) in [6.45, 7) is 7.38. The molecule has 1 fully saturated rings. The summed E-state index contributed by atoms with van der Waals surface area (Å²) in [7, 11) is 0. The van der Waals surface area contributed by atoms with E-state index in [0.717, 1.165) is 18.9 Å². The highest BCUT2D eigenvalue weighted by Crippen LogP contribution is 2.10. The van der Waals surface area contributed by atoms with Gasteiger partial charge >= 0.3 is 0 Å². The molecule has 3 heteroatoms. The van der Waals surface area contributed by atoms with Crippen molar-refractivity contribution in [3.63, 3.8) is 0 Å². The molecule has 1 rings (SSSR count). The van der Waals surface area contributed by atoms with Gasteiger partial charge in [-0.05, 0) is 51.7 Å². The first-order chi connectivity index (χ1) is 7.38. The fourth-order valence-corrected chi connectivity index (χ4v) is 2.32. The van der Waals surface area contributed by atoms with Crippen LogP contribution in [0.1, 0.15) is 39.0 Å². The second-order valence-electron chi connectivity index (χ2n) is 4.47. The summed E-state index contributed by atoms with van der Waals surface area (Å²) in [5.74, 6) is 0. The van der Waals surface area contributed by atoms with Crippen LogP contribution >= 0.6 is 0 Å². The van der Waals surface area contributed by atoms with Crippen LogP contribution in [0.25, 0.3) is 0 Å². The van der Waals surface area contributed by atoms with Gasteiger partial charge in [-0.25, -0.2) is 0 Å². The van der Waals surface area contributed by atoms with Gasteiger partial charge in [-0.3, -0.25) is 4.90 Å². The summed E-state index contributed by atoms with van der Waals surface area (Å²) in [4.78, 5) is 2.62. The maximum atomic E-state index is 8.72. The molecule has 1 atom stereocenters. The van der Waals surface area contributed by atoms with Crippen LogP contribution in [0.2, 0.25) is 0 Å². The van der Waals surface area contributed by atoms with E-state index in [1.54, 1.807) is 0 Å². The average molecular weight is 214 g/mol. The van der Waals surface area contributed by atoms with Gasteiger partial charge in [0.1, 0.15) is 0 Å². The molecule has 15 heavy (non-hydrogen) atoms. The van der Waals surface area contributed by atoms with Gasteiger partial charge in [0.05, 0.1) is 0 Å². The number of nitrogens with one attached hydrogen (secondary N) is 1. The van der Waals surface area contributed by atoms with E-state index in [1.807, 2.05) is 0 Å². The van der Waals surface area contributed by atoms with E-state index in [1.165, 1.54) is 45.4 Å². The predicted octanol–water partition coefficient (Wildman–Crippen LogP) is 1.22. The van der Waals surface area contributed by atoms with Crippen molar-refractivity contribution in [3.8, 4) is 0 Å². The molecule has 2 N–H and O–H groups in total. The largest absolute Gasteiger partial charge is 0.396 e. The van der Waals surface area contributed by atoms with Crippen molar-refractivity contribution in [2.24, 2.45) is 0 Å². The van der Waals surface area contributed by atoms with Crippen LogP contribution in [-0.4, -0.2) is 48.8 Å². The lowest BCUT2D eigenvalue weighted by molar-refractivity contribution is 0.200. The molecule has 0 spiro atoms. The van der Waals surface area contributed by atoms with Crippen LogP contribution in [0.15, 0.2) is 0 Å². The van der Waals surface area contributed by atoms with Crippen LogP contribution in [0.3, 0.4) is 0 Å². The highest BCUT2D eigenvalue weighted by atomic mass is 16.2. The fraction of sp³-hybridized carbons (Fsp3) is 1.00. The Labute approximate surface area is 93.9 Å². The molecule has 90 valence electrons. The van der Waals surface area contributed by atoms with Gasteiger partial charge in [-0.2, -0.15) is 0 Å². The highest BCUT2D eigenvalue weighted by Gasteiger charge is 2.20. The first kappa shape index (κ1) is 12.9. The lowest BCUT2D eigenvalue weighted by Gasteiger charge is -2.27. The summed E-state index contributed by atoms with van der Waals surface area (Å²) < 4.78 is 0. The Morgan fingerprint density at radius 1 is 1.27 bits per heavy atom. The lowest BCUT2D eigenvalue weighted by Crippen LogP contribution is -2.38. The first-order valence-corrected chi connectivity index (χ1v) is 6.44. The fourth-order valence-electron chi connectivity index (χ4n) is 2.32. The quantitative estimate of drug-likeness (QED) is 0.596. The van der Waals surface area contributed by atoms with Crippen molar-refractivity contribution >= 4 is 0 Å². The van der Waals surface area contributed by atoms with Gasteiger partial charge in [0.2, 0.25) is 0 Å². The predicted molar refractivity (Wildman–Crippen MR) is 64.1 cm³/mol. The molecule has 1 aliphatic rings. The highest BCUT2D eigenvalue weighted by molar-refractivity contribution is 4.80. The molecule has 0 saturated carbocycles. The Morgan fingerprint density at radius 2 is 2.13 bits per heavy atom. The Hall–Kier alpha value is -0.120. The number of hydrogen-bond donors (Lipinski definition) is 2. The molecule has 1 unspecified atom stereocenters. The van der Waals surface area contributed by atoms with Gasteiger partial charge in [0.25, 0.3) is 0 Å². The molecule has 0 aliphatic carbocycles. The smallest absolute Gasteiger partial charge is 0.0431 e. The van der Waals surface area contributed by atoms with Crippen molar-refractivity contribution in [3.05, 3.63) is 0 Å². The van der Waals surface area contributed by atoms with Gasteiger partial charge in [0.15, 0.2) is 0 Å². The number of aliphatic hydroxyl groups is 1. The third-order valence-electron chi connectivity index (χ3n) is 3.16. The maximum absolute atomic E-state index is 8.72. The van der Waals surface area contributed by atoms with E-state index in [2.05, 4.69) is 17.1 Å². The van der Waals surface area contributed by atoms with Gasteiger partial charge in [-0.15, -0.1) is 0 Å². The molecule has 3 nitrogen and oxygen atoms in total. The third kappa shape index (κ3) is 4.96. The third-order valence-corrected chi connectivity index (χ3v) is 3.16. The summed E-state index contributed by atoms with van der Waals surface area (Å²) in [6.07, 6.45) is 5.91. The number of nitrogens with zero attached hydrogens (tertiary/aromatic N) is 1. The van der Waals surface area contributed by atoms with E-state index < -0.39 is 0 Å². The van der Waals surface area contributed by atoms with Crippen molar-refractivity contribution in [2.45, 2.75) is 45.1 Å². The first-order valence-electron chi connectivity index (χ1n) is 6.44. The molecule has 0 aromatic carbocycles. The topological polar surface area (TPSA) is 35.5 Å². The minimum Gasteiger partial charge on any atom is -0.396 e. The van der Waals surface area contributed by atoms with E-state index in [4.69, 9.17) is 5.11 Å². The van der Waals surface area contributed by atoms with Crippen LogP contribution in [0, 0.1) is 0 Å². The summed E-state index contributed by atoms with van der Waals surface area (Å²) in [6, 6.07) is 0.763. The molecule has 0 aromatic heterocycles. The standard InChI is InChI=1S/C12H26N2O/c1-2-8-14(9-4-3-5-10-15)12-6-7-13-11-12/h12-13,15H,2-11H2,1H3. The monoisotopic (exact) mass is 214 g/mol. The molecule has 0 radical (unpaired) electrons. The van der Waals surface area contributed by atoms with Crippen molar-refractivity contribution < 1.29 is 5.11 Å². The van der Waals surface area contributed by atoms with E-state index in [0.29, 0.717) is 6.61 Å². The van der Waals surface area contributed by atoms with Crippen molar-refractivity contribution in [1.29, 1.82) is 0 Å². The van der Waals surface area contributed by atoms with Crippen LogP contribution < -0.4 is 5.32 Å².